The lowest BCUT2D eigenvalue weighted by Crippen LogP contribution is -2.55. The van der Waals surface area contributed by atoms with Gasteiger partial charge in [0.05, 0.1) is 0 Å². The molecular formula is C16H22N2O4. The fourth-order valence-corrected chi connectivity index (χ4v) is 2.34. The van der Waals surface area contributed by atoms with Gasteiger partial charge in [0.15, 0.2) is 0 Å². The zero-order chi connectivity index (χ0) is 16.8. The lowest BCUT2D eigenvalue weighted by atomic mass is 9.92. The Kier molecular flexibility index (Phi) is 6.10. The van der Waals surface area contributed by atoms with Gasteiger partial charge in [0.1, 0.15) is 17.6 Å². The number of benzene rings is 1. The number of phenolic OH excluding ortho intramolecular Hbond substituents is 1. The van der Waals surface area contributed by atoms with Crippen LogP contribution in [0.15, 0.2) is 18.2 Å². The van der Waals surface area contributed by atoms with E-state index in [4.69, 9.17) is 0 Å². The first kappa shape index (κ1) is 17.7. The van der Waals surface area contributed by atoms with E-state index in [0.29, 0.717) is 6.41 Å². The van der Waals surface area contributed by atoms with Crippen molar-refractivity contribution in [3.05, 3.63) is 29.3 Å². The van der Waals surface area contributed by atoms with Crippen LogP contribution in [0, 0.1) is 6.92 Å². The molecule has 22 heavy (non-hydrogen) atoms. The van der Waals surface area contributed by atoms with E-state index in [-0.39, 0.29) is 31.0 Å². The molecule has 1 unspecified atom stereocenters. The van der Waals surface area contributed by atoms with E-state index in [2.05, 4.69) is 5.32 Å². The number of rotatable bonds is 8. The van der Waals surface area contributed by atoms with Crippen LogP contribution >= 0.6 is 0 Å². The molecule has 0 saturated heterocycles. The zero-order valence-corrected chi connectivity index (χ0v) is 13.1. The third-order valence-corrected chi connectivity index (χ3v) is 3.90. The zero-order valence-electron chi connectivity index (χ0n) is 13.1. The maximum Gasteiger partial charge on any atom is 0.245 e. The van der Waals surface area contributed by atoms with Gasteiger partial charge in [-0.3, -0.25) is 9.59 Å². The molecule has 0 aliphatic carbocycles. The maximum absolute atomic E-state index is 12.2. The molecule has 1 aromatic carbocycles. The Bertz CT molecular complexity index is 559. The molecule has 0 bridgehead atoms. The SMILES string of the molecule is CNC(=O)C(C)(CCC=O)N(C=O)Cc1cc(O)ccc1C. The van der Waals surface area contributed by atoms with Crippen LogP contribution in [0.3, 0.4) is 0 Å². The Labute approximate surface area is 130 Å². The van der Waals surface area contributed by atoms with Gasteiger partial charge in [0.2, 0.25) is 12.3 Å². The topological polar surface area (TPSA) is 86.7 Å². The maximum atomic E-state index is 12.2. The predicted octanol–water partition coefficient (Wildman–Crippen LogP) is 1.14. The van der Waals surface area contributed by atoms with Gasteiger partial charge in [-0.15, -0.1) is 0 Å². The molecule has 0 spiro atoms. The summed E-state index contributed by atoms with van der Waals surface area (Å²) in [5, 5.41) is 12.1. The quantitative estimate of drug-likeness (QED) is 0.705. The summed E-state index contributed by atoms with van der Waals surface area (Å²) in [4.78, 5) is 35.8. The molecule has 1 aromatic rings. The Hall–Kier alpha value is -2.37. The molecular weight excluding hydrogens is 284 g/mol. The Morgan fingerprint density at radius 2 is 2.09 bits per heavy atom. The van der Waals surface area contributed by atoms with Crippen LogP contribution < -0.4 is 5.32 Å². The van der Waals surface area contributed by atoms with E-state index in [0.717, 1.165) is 17.4 Å². The minimum atomic E-state index is -1.13. The molecule has 0 fully saturated rings. The van der Waals surface area contributed by atoms with Gasteiger partial charge in [-0.2, -0.15) is 0 Å². The minimum Gasteiger partial charge on any atom is -0.508 e. The van der Waals surface area contributed by atoms with Gasteiger partial charge < -0.3 is 20.1 Å². The summed E-state index contributed by atoms with van der Waals surface area (Å²) in [6, 6.07) is 4.88. The van der Waals surface area contributed by atoms with E-state index in [1.165, 1.54) is 11.9 Å². The molecule has 2 N–H and O–H groups in total. The van der Waals surface area contributed by atoms with Gasteiger partial charge in [-0.05, 0) is 43.5 Å². The number of hydrogen-bond acceptors (Lipinski definition) is 4. The fraction of sp³-hybridized carbons (Fsp3) is 0.438. The molecule has 0 aromatic heterocycles. The monoisotopic (exact) mass is 306 g/mol. The molecule has 0 aliphatic rings. The van der Waals surface area contributed by atoms with Crippen molar-refractivity contribution in [2.45, 2.75) is 38.8 Å². The third-order valence-electron chi connectivity index (χ3n) is 3.90. The highest BCUT2D eigenvalue weighted by Gasteiger charge is 2.38. The van der Waals surface area contributed by atoms with Crippen molar-refractivity contribution < 1.29 is 19.5 Å². The third kappa shape index (κ3) is 3.84. The summed E-state index contributed by atoms with van der Waals surface area (Å²) < 4.78 is 0. The van der Waals surface area contributed by atoms with Gasteiger partial charge in [0.25, 0.3) is 0 Å². The predicted molar refractivity (Wildman–Crippen MR) is 82.2 cm³/mol. The molecule has 1 rings (SSSR count). The molecule has 0 aliphatic heterocycles. The number of nitrogens with zero attached hydrogens (tertiary/aromatic N) is 1. The summed E-state index contributed by atoms with van der Waals surface area (Å²) in [5.74, 6) is -0.236. The molecule has 120 valence electrons. The fourth-order valence-electron chi connectivity index (χ4n) is 2.34. The number of amides is 2. The van der Waals surface area contributed by atoms with E-state index in [1.807, 2.05) is 6.92 Å². The number of carbonyl (C=O) groups is 3. The van der Waals surface area contributed by atoms with Crippen molar-refractivity contribution in [3.8, 4) is 5.75 Å². The second-order valence-electron chi connectivity index (χ2n) is 5.40. The van der Waals surface area contributed by atoms with E-state index < -0.39 is 5.54 Å². The second-order valence-corrected chi connectivity index (χ2v) is 5.40. The molecule has 0 radical (unpaired) electrons. The summed E-state index contributed by atoms with van der Waals surface area (Å²) >= 11 is 0. The number of aryl methyl sites for hydroxylation is 1. The first-order valence-electron chi connectivity index (χ1n) is 7.05. The molecule has 1 atom stereocenters. The lowest BCUT2D eigenvalue weighted by Gasteiger charge is -2.37. The van der Waals surface area contributed by atoms with Crippen molar-refractivity contribution >= 4 is 18.6 Å². The first-order chi connectivity index (χ1) is 10.4. The van der Waals surface area contributed by atoms with Crippen LogP contribution in [0.5, 0.6) is 5.75 Å². The van der Waals surface area contributed by atoms with Crippen LogP contribution in [0.4, 0.5) is 0 Å². The summed E-state index contributed by atoms with van der Waals surface area (Å²) in [7, 11) is 1.49. The van der Waals surface area contributed by atoms with Crippen LogP contribution in [-0.4, -0.2) is 41.2 Å². The summed E-state index contributed by atoms with van der Waals surface area (Å²) in [5.41, 5.74) is 0.516. The largest absolute Gasteiger partial charge is 0.508 e. The van der Waals surface area contributed by atoms with E-state index >= 15 is 0 Å². The molecule has 0 heterocycles. The van der Waals surface area contributed by atoms with Crippen LogP contribution in [0.25, 0.3) is 0 Å². The standard InChI is InChI=1S/C16H22N2O4/c1-12-5-6-14(21)9-13(12)10-18(11-20)16(2,7-4-8-19)15(22)17-3/h5-6,8-9,11,21H,4,7,10H2,1-3H3,(H,17,22). The Morgan fingerprint density at radius 3 is 2.64 bits per heavy atom. The van der Waals surface area contributed by atoms with Crippen molar-refractivity contribution in [2.24, 2.45) is 0 Å². The molecule has 6 heteroatoms. The molecule has 6 nitrogen and oxygen atoms in total. The van der Waals surface area contributed by atoms with Crippen molar-refractivity contribution in [3.63, 3.8) is 0 Å². The number of carbonyl (C=O) groups excluding carboxylic acids is 3. The van der Waals surface area contributed by atoms with Gasteiger partial charge >= 0.3 is 0 Å². The van der Waals surface area contributed by atoms with E-state index in [9.17, 15) is 19.5 Å². The molecule has 0 saturated carbocycles. The number of likely N-dealkylation sites (N-methyl/N-ethyl adjacent to an activating group) is 1. The summed E-state index contributed by atoms with van der Waals surface area (Å²) in [6.07, 6.45) is 1.73. The van der Waals surface area contributed by atoms with Crippen LogP contribution in [-0.2, 0) is 20.9 Å². The van der Waals surface area contributed by atoms with Crippen molar-refractivity contribution in [1.82, 2.24) is 10.2 Å². The highest BCUT2D eigenvalue weighted by Crippen LogP contribution is 2.25. The van der Waals surface area contributed by atoms with Gasteiger partial charge in [-0.25, -0.2) is 0 Å². The van der Waals surface area contributed by atoms with Crippen molar-refractivity contribution in [1.29, 1.82) is 0 Å². The molecule has 2 amide bonds. The van der Waals surface area contributed by atoms with Crippen molar-refractivity contribution in [2.75, 3.05) is 7.05 Å². The van der Waals surface area contributed by atoms with Gasteiger partial charge in [0, 0.05) is 20.0 Å². The van der Waals surface area contributed by atoms with Crippen LogP contribution in [0.1, 0.15) is 30.9 Å². The minimum absolute atomic E-state index is 0.0981. The smallest absolute Gasteiger partial charge is 0.245 e. The highest BCUT2D eigenvalue weighted by atomic mass is 16.3. The highest BCUT2D eigenvalue weighted by molar-refractivity contribution is 5.87. The number of aromatic hydroxyl groups is 1. The summed E-state index contributed by atoms with van der Waals surface area (Å²) in [6.45, 7) is 3.66. The van der Waals surface area contributed by atoms with Crippen LogP contribution in [0.2, 0.25) is 0 Å². The normalized spacial score (nSPS) is 13.0. The van der Waals surface area contributed by atoms with E-state index in [1.54, 1.807) is 25.1 Å². The second kappa shape index (κ2) is 7.59. The Balaban J connectivity index is 3.13. The lowest BCUT2D eigenvalue weighted by molar-refractivity contribution is -0.140. The number of phenols is 1. The first-order valence-corrected chi connectivity index (χ1v) is 7.05. The number of aldehydes is 1. The number of hydrogen-bond donors (Lipinski definition) is 2. The van der Waals surface area contributed by atoms with Gasteiger partial charge in [-0.1, -0.05) is 6.07 Å². The average molecular weight is 306 g/mol. The Morgan fingerprint density at radius 1 is 1.41 bits per heavy atom. The average Bonchev–Trinajstić information content (AvgIpc) is 2.52. The number of nitrogens with one attached hydrogen (secondary N) is 1.